The third kappa shape index (κ3) is 18.3. The van der Waals surface area contributed by atoms with E-state index in [1.807, 2.05) is 0 Å². The van der Waals surface area contributed by atoms with Gasteiger partial charge >= 0.3 is 0 Å². The summed E-state index contributed by atoms with van der Waals surface area (Å²) in [6.07, 6.45) is -5.90. The van der Waals surface area contributed by atoms with E-state index in [9.17, 15) is 42.4 Å². The Kier molecular flexibility index (Phi) is 18.5. The molecule has 0 aromatic heterocycles. The highest BCUT2D eigenvalue weighted by atomic mass is 19.1. The molecule has 0 spiro atoms. The lowest BCUT2D eigenvalue weighted by Crippen LogP contribution is -2.35. The fourth-order valence-electron chi connectivity index (χ4n) is 2.79. The molecule has 0 aromatic carbocycles. The van der Waals surface area contributed by atoms with Gasteiger partial charge in [0.05, 0.1) is 13.1 Å². The van der Waals surface area contributed by atoms with Crippen molar-refractivity contribution < 1.29 is 47.6 Å². The molecule has 0 fully saturated rings. The Labute approximate surface area is 219 Å². The standard InChI is InChI=1S/C22H39F3N6O7/c1-15(32)30(37)10-8-18(25)14-29-20(34)3-2-19(33)27-9-6-17(24)13-28-21(35)4-5-22(36)31(38)11-7-16(23)12-26/h16-18,37-38H,2-14,26H2,1H3,(H,27,33)(H,28,35)(H,29,34). The first-order valence-corrected chi connectivity index (χ1v) is 12.2. The van der Waals surface area contributed by atoms with Crippen LogP contribution in [0.4, 0.5) is 13.2 Å². The number of nitrogens with zero attached hydrogens (tertiary/aromatic N) is 2. The fraction of sp³-hybridized carbons (Fsp3) is 0.773. The van der Waals surface area contributed by atoms with Crippen molar-refractivity contribution in [1.82, 2.24) is 26.1 Å². The number of amides is 5. The summed E-state index contributed by atoms with van der Waals surface area (Å²) < 4.78 is 40.6. The average Bonchev–Trinajstić information content (AvgIpc) is 2.89. The molecular weight excluding hydrogens is 517 g/mol. The lowest BCUT2D eigenvalue weighted by Gasteiger charge is -2.16. The Morgan fingerprint density at radius 1 is 0.711 bits per heavy atom. The molecule has 5 amide bonds. The minimum atomic E-state index is -1.50. The summed E-state index contributed by atoms with van der Waals surface area (Å²) in [7, 11) is 0. The van der Waals surface area contributed by atoms with Gasteiger partial charge in [0.2, 0.25) is 29.5 Å². The van der Waals surface area contributed by atoms with E-state index in [1.54, 1.807) is 0 Å². The summed E-state index contributed by atoms with van der Waals surface area (Å²) in [4.78, 5) is 57.7. The molecule has 3 atom stereocenters. The molecule has 0 aliphatic heterocycles. The van der Waals surface area contributed by atoms with E-state index in [1.165, 1.54) is 0 Å². The average molecular weight is 557 g/mol. The molecule has 0 saturated heterocycles. The summed E-state index contributed by atoms with van der Waals surface area (Å²) >= 11 is 0. The molecule has 0 bridgehead atoms. The lowest BCUT2D eigenvalue weighted by atomic mass is 10.2. The third-order valence-electron chi connectivity index (χ3n) is 5.18. The van der Waals surface area contributed by atoms with Crippen molar-refractivity contribution in [2.24, 2.45) is 5.73 Å². The second-order valence-corrected chi connectivity index (χ2v) is 8.51. The number of rotatable bonds is 20. The predicted molar refractivity (Wildman–Crippen MR) is 128 cm³/mol. The van der Waals surface area contributed by atoms with E-state index in [-0.39, 0.29) is 84.2 Å². The molecule has 16 heteroatoms. The topological polar surface area (TPSA) is 194 Å². The van der Waals surface area contributed by atoms with Gasteiger partial charge in [-0.3, -0.25) is 34.4 Å². The molecule has 7 N–H and O–H groups in total. The third-order valence-corrected chi connectivity index (χ3v) is 5.18. The van der Waals surface area contributed by atoms with Crippen LogP contribution in [0.2, 0.25) is 0 Å². The van der Waals surface area contributed by atoms with E-state index in [0.29, 0.717) is 10.1 Å². The number of halogens is 3. The minimum absolute atomic E-state index is 0.0613. The normalized spacial score (nSPS) is 13.1. The van der Waals surface area contributed by atoms with Gasteiger partial charge in [0, 0.05) is 65.2 Å². The summed E-state index contributed by atoms with van der Waals surface area (Å²) in [6.45, 7) is -0.392. The number of carbonyl (C=O) groups excluding carboxylic acids is 5. The van der Waals surface area contributed by atoms with Crippen molar-refractivity contribution >= 4 is 29.5 Å². The number of hydrogen-bond donors (Lipinski definition) is 6. The van der Waals surface area contributed by atoms with Crippen LogP contribution in [0.3, 0.4) is 0 Å². The Morgan fingerprint density at radius 3 is 1.68 bits per heavy atom. The van der Waals surface area contributed by atoms with Crippen molar-refractivity contribution in [2.75, 3.05) is 39.3 Å². The Bertz CT molecular complexity index is 765. The van der Waals surface area contributed by atoms with Gasteiger partial charge < -0.3 is 21.7 Å². The zero-order chi connectivity index (χ0) is 29.1. The Balaban J connectivity index is 3.92. The number of hydrogen-bond acceptors (Lipinski definition) is 8. The van der Waals surface area contributed by atoms with Gasteiger partial charge in [-0.15, -0.1) is 0 Å². The summed E-state index contributed by atoms with van der Waals surface area (Å²) in [5.41, 5.74) is 5.10. The molecular formula is C22H39F3N6O7. The van der Waals surface area contributed by atoms with Gasteiger partial charge in [-0.2, -0.15) is 0 Å². The summed E-state index contributed by atoms with van der Waals surface area (Å²) in [6, 6.07) is 0. The van der Waals surface area contributed by atoms with Crippen molar-refractivity contribution in [2.45, 2.75) is 70.4 Å². The van der Waals surface area contributed by atoms with E-state index in [2.05, 4.69) is 16.0 Å². The molecule has 0 rings (SSSR count). The number of nitrogens with two attached hydrogens (primary N) is 1. The van der Waals surface area contributed by atoms with Crippen LogP contribution in [0, 0.1) is 0 Å². The van der Waals surface area contributed by atoms with Crippen molar-refractivity contribution in [3.05, 3.63) is 0 Å². The maximum absolute atomic E-state index is 13.9. The van der Waals surface area contributed by atoms with Gasteiger partial charge in [-0.25, -0.2) is 23.3 Å². The molecule has 0 aliphatic carbocycles. The van der Waals surface area contributed by atoms with Crippen LogP contribution in [0.5, 0.6) is 0 Å². The molecule has 0 aromatic rings. The van der Waals surface area contributed by atoms with Crippen molar-refractivity contribution in [1.29, 1.82) is 0 Å². The number of hydroxylamine groups is 4. The highest BCUT2D eigenvalue weighted by Gasteiger charge is 2.17. The smallest absolute Gasteiger partial charge is 0.246 e. The van der Waals surface area contributed by atoms with E-state index >= 15 is 0 Å². The molecule has 38 heavy (non-hydrogen) atoms. The monoisotopic (exact) mass is 556 g/mol. The van der Waals surface area contributed by atoms with Crippen LogP contribution in [0.15, 0.2) is 0 Å². The van der Waals surface area contributed by atoms with Gasteiger partial charge in [-0.1, -0.05) is 0 Å². The highest BCUT2D eigenvalue weighted by Crippen LogP contribution is 2.02. The first kappa shape index (κ1) is 35.0. The molecule has 0 heterocycles. The van der Waals surface area contributed by atoms with Crippen LogP contribution in [-0.4, -0.2) is 108 Å². The second-order valence-electron chi connectivity index (χ2n) is 8.51. The Hall–Kier alpha value is -2.98. The van der Waals surface area contributed by atoms with E-state index in [0.717, 1.165) is 6.92 Å². The highest BCUT2D eigenvalue weighted by molar-refractivity contribution is 5.84. The molecule has 220 valence electrons. The molecule has 13 nitrogen and oxygen atoms in total. The zero-order valence-electron chi connectivity index (χ0n) is 21.5. The molecule has 0 radical (unpaired) electrons. The van der Waals surface area contributed by atoms with Crippen molar-refractivity contribution in [3.8, 4) is 0 Å². The molecule has 0 aliphatic rings. The molecule has 0 saturated carbocycles. The van der Waals surface area contributed by atoms with Crippen LogP contribution < -0.4 is 21.7 Å². The summed E-state index contributed by atoms with van der Waals surface area (Å²) in [5, 5.41) is 26.3. The summed E-state index contributed by atoms with van der Waals surface area (Å²) in [5.74, 6) is -3.15. The number of nitrogens with one attached hydrogen (secondary N) is 3. The van der Waals surface area contributed by atoms with Gasteiger partial charge in [0.25, 0.3) is 0 Å². The van der Waals surface area contributed by atoms with E-state index in [4.69, 9.17) is 10.9 Å². The van der Waals surface area contributed by atoms with Crippen LogP contribution in [-0.2, 0) is 24.0 Å². The van der Waals surface area contributed by atoms with E-state index < -0.39 is 48.1 Å². The van der Waals surface area contributed by atoms with Gasteiger partial charge in [0.15, 0.2) is 0 Å². The minimum Gasteiger partial charge on any atom is -0.356 e. The lowest BCUT2D eigenvalue weighted by molar-refractivity contribution is -0.166. The maximum atomic E-state index is 13.9. The van der Waals surface area contributed by atoms with Crippen LogP contribution >= 0.6 is 0 Å². The Morgan fingerprint density at radius 2 is 1.16 bits per heavy atom. The van der Waals surface area contributed by atoms with Gasteiger partial charge in [-0.05, 0) is 12.8 Å². The second kappa shape index (κ2) is 20.0. The van der Waals surface area contributed by atoms with Crippen LogP contribution in [0.25, 0.3) is 0 Å². The predicted octanol–water partition coefficient (Wildman–Crippen LogP) is -0.506. The van der Waals surface area contributed by atoms with Gasteiger partial charge in [0.1, 0.15) is 18.5 Å². The quantitative estimate of drug-likeness (QED) is 0.0852. The van der Waals surface area contributed by atoms with Crippen molar-refractivity contribution in [3.63, 3.8) is 0 Å². The maximum Gasteiger partial charge on any atom is 0.246 e. The zero-order valence-corrected chi connectivity index (χ0v) is 21.5. The number of carbonyl (C=O) groups is 5. The first-order chi connectivity index (χ1) is 17.8. The first-order valence-electron chi connectivity index (χ1n) is 12.2. The fourth-order valence-corrected chi connectivity index (χ4v) is 2.79. The molecule has 3 unspecified atom stereocenters. The number of alkyl halides is 3. The van der Waals surface area contributed by atoms with Crippen LogP contribution in [0.1, 0.15) is 51.9 Å². The SMILES string of the molecule is CC(=O)N(O)CCC(F)CNC(=O)CCC(=O)NCCC(F)CNC(=O)CCC(=O)N(O)CCC(F)CN. The largest absolute Gasteiger partial charge is 0.356 e.